The van der Waals surface area contributed by atoms with Gasteiger partial charge in [-0.15, -0.1) is 28.8 Å². The second-order valence-electron chi connectivity index (χ2n) is 6.59. The van der Waals surface area contributed by atoms with Crippen molar-refractivity contribution in [1.82, 2.24) is 25.4 Å². The third kappa shape index (κ3) is 4.24. The van der Waals surface area contributed by atoms with Gasteiger partial charge >= 0.3 is 0 Å². The molecule has 9 heteroatoms. The van der Waals surface area contributed by atoms with Crippen molar-refractivity contribution in [2.45, 2.75) is 31.8 Å². The van der Waals surface area contributed by atoms with Gasteiger partial charge in [-0.25, -0.2) is 14.1 Å². The number of amides is 1. The minimum Gasteiger partial charge on any atom is -0.345 e. The first kappa shape index (κ1) is 20.4. The van der Waals surface area contributed by atoms with Gasteiger partial charge in [-0.1, -0.05) is 12.1 Å². The van der Waals surface area contributed by atoms with Crippen LogP contribution in [0, 0.1) is 5.82 Å². The molecule has 0 radical (unpaired) electrons. The van der Waals surface area contributed by atoms with E-state index in [1.165, 1.54) is 28.2 Å². The van der Waals surface area contributed by atoms with Crippen molar-refractivity contribution < 1.29 is 9.18 Å². The maximum absolute atomic E-state index is 13.7. The molecule has 2 unspecified atom stereocenters. The number of nitrogens with zero attached hydrogens (tertiary/aromatic N) is 3. The molecule has 1 amide bonds. The van der Waals surface area contributed by atoms with Crippen LogP contribution in [0.3, 0.4) is 0 Å². The minimum absolute atomic E-state index is 0. The van der Waals surface area contributed by atoms with E-state index in [1.54, 1.807) is 12.1 Å². The van der Waals surface area contributed by atoms with E-state index in [4.69, 9.17) is 0 Å². The van der Waals surface area contributed by atoms with E-state index in [9.17, 15) is 9.18 Å². The lowest BCUT2D eigenvalue weighted by molar-refractivity contribution is 0.0909. The topological polar surface area (TPSA) is 71.8 Å². The maximum Gasteiger partial charge on any atom is 0.291 e. The van der Waals surface area contributed by atoms with Crippen molar-refractivity contribution in [1.29, 1.82) is 0 Å². The van der Waals surface area contributed by atoms with Crippen molar-refractivity contribution in [2.75, 3.05) is 6.54 Å². The fourth-order valence-corrected chi connectivity index (χ4v) is 3.93. The Labute approximate surface area is 172 Å². The Morgan fingerprint density at radius 2 is 2.21 bits per heavy atom. The molecule has 0 spiro atoms. The van der Waals surface area contributed by atoms with Crippen LogP contribution < -0.4 is 10.6 Å². The average molecular weight is 422 g/mol. The smallest absolute Gasteiger partial charge is 0.291 e. The highest BCUT2D eigenvalue weighted by molar-refractivity contribution is 7.13. The largest absolute Gasteiger partial charge is 0.345 e. The molecule has 1 aliphatic heterocycles. The zero-order chi connectivity index (χ0) is 18.8. The van der Waals surface area contributed by atoms with Gasteiger partial charge in [-0.05, 0) is 56.0 Å². The van der Waals surface area contributed by atoms with Crippen molar-refractivity contribution in [2.24, 2.45) is 0 Å². The van der Waals surface area contributed by atoms with Crippen LogP contribution in [0.25, 0.3) is 16.4 Å². The van der Waals surface area contributed by atoms with Gasteiger partial charge in [0.05, 0.1) is 10.6 Å². The molecule has 3 heterocycles. The molecule has 2 atom stereocenters. The Kier molecular flexibility index (Phi) is 6.43. The summed E-state index contributed by atoms with van der Waals surface area (Å²) in [7, 11) is 0. The highest BCUT2D eigenvalue weighted by atomic mass is 35.5. The third-order valence-corrected chi connectivity index (χ3v) is 5.55. The number of thiophene rings is 1. The quantitative estimate of drug-likeness (QED) is 0.677. The van der Waals surface area contributed by atoms with E-state index in [1.807, 2.05) is 17.5 Å². The van der Waals surface area contributed by atoms with Crippen LogP contribution in [-0.2, 0) is 0 Å². The second-order valence-corrected chi connectivity index (χ2v) is 7.54. The molecule has 1 aliphatic rings. The van der Waals surface area contributed by atoms with E-state index in [0.717, 1.165) is 24.3 Å². The van der Waals surface area contributed by atoms with Crippen LogP contribution in [0.1, 0.15) is 30.4 Å². The molecule has 6 nitrogen and oxygen atoms in total. The first-order chi connectivity index (χ1) is 13.1. The highest BCUT2D eigenvalue weighted by Crippen LogP contribution is 2.26. The molecule has 4 rings (SSSR count). The van der Waals surface area contributed by atoms with Crippen molar-refractivity contribution in [3.8, 4) is 16.4 Å². The normalized spacial score (nSPS) is 19.1. The molecular formula is C19H21ClFN5OS. The van der Waals surface area contributed by atoms with Crippen molar-refractivity contribution >= 4 is 29.7 Å². The number of carbonyl (C=O) groups excluding carboxylic acids is 1. The summed E-state index contributed by atoms with van der Waals surface area (Å²) < 4.78 is 15.2. The number of rotatable bonds is 4. The van der Waals surface area contributed by atoms with Gasteiger partial charge in [0.25, 0.3) is 5.91 Å². The van der Waals surface area contributed by atoms with Gasteiger partial charge in [-0.3, -0.25) is 4.79 Å². The van der Waals surface area contributed by atoms with Crippen LogP contribution in [0.15, 0.2) is 41.8 Å². The Morgan fingerprint density at radius 1 is 1.36 bits per heavy atom. The molecule has 2 N–H and O–H groups in total. The Bertz CT molecular complexity index is 946. The summed E-state index contributed by atoms with van der Waals surface area (Å²) in [6.45, 7) is 3.02. The lowest BCUT2D eigenvalue weighted by Crippen LogP contribution is -2.52. The fraction of sp³-hybridized carbons (Fsp3) is 0.316. The molecule has 1 aromatic carbocycles. The van der Waals surface area contributed by atoms with Crippen molar-refractivity contribution in [3.63, 3.8) is 0 Å². The number of hydrogen-bond acceptors (Lipinski definition) is 5. The number of piperidine rings is 1. The van der Waals surface area contributed by atoms with Crippen LogP contribution in [0.2, 0.25) is 0 Å². The standard InChI is InChI=1S/C19H20FN5OS.ClH/c1-12-15(7-3-9-21-12)22-19(26)17-23-18(16-8-4-10-27-16)25(24-17)14-6-2-5-13(20)11-14;/h2,4-6,8,10-12,15,21H,3,7,9H2,1H3,(H,22,26);1H. The van der Waals surface area contributed by atoms with E-state index >= 15 is 0 Å². The van der Waals surface area contributed by atoms with Crippen molar-refractivity contribution in [3.05, 3.63) is 53.4 Å². The average Bonchev–Trinajstić information content (AvgIpc) is 3.33. The highest BCUT2D eigenvalue weighted by Gasteiger charge is 2.26. The number of carbonyl (C=O) groups is 1. The van der Waals surface area contributed by atoms with E-state index < -0.39 is 0 Å². The fourth-order valence-electron chi connectivity index (χ4n) is 3.24. The molecule has 3 aromatic rings. The SMILES string of the molecule is CC1NCCCC1NC(=O)c1nc(-c2cccs2)n(-c2cccc(F)c2)n1.Cl. The molecule has 28 heavy (non-hydrogen) atoms. The van der Waals surface area contributed by atoms with Crippen LogP contribution >= 0.6 is 23.7 Å². The number of hydrogen-bond donors (Lipinski definition) is 2. The summed E-state index contributed by atoms with van der Waals surface area (Å²) in [5.41, 5.74) is 0.526. The van der Waals surface area contributed by atoms with Crippen LogP contribution in [0.5, 0.6) is 0 Å². The summed E-state index contributed by atoms with van der Waals surface area (Å²) in [6.07, 6.45) is 1.93. The van der Waals surface area contributed by atoms with Gasteiger partial charge in [0.1, 0.15) is 5.82 Å². The Balaban J connectivity index is 0.00000225. The number of halogens is 2. The maximum atomic E-state index is 13.7. The second kappa shape index (κ2) is 8.81. The van der Waals surface area contributed by atoms with E-state index in [-0.39, 0.29) is 42.0 Å². The summed E-state index contributed by atoms with van der Waals surface area (Å²) in [4.78, 5) is 18.1. The van der Waals surface area contributed by atoms with Gasteiger partial charge in [-0.2, -0.15) is 0 Å². The monoisotopic (exact) mass is 421 g/mol. The first-order valence-electron chi connectivity index (χ1n) is 8.93. The summed E-state index contributed by atoms with van der Waals surface area (Å²) in [5, 5.41) is 12.7. The van der Waals surface area contributed by atoms with Gasteiger partial charge in [0, 0.05) is 12.1 Å². The van der Waals surface area contributed by atoms with E-state index in [0.29, 0.717) is 11.5 Å². The summed E-state index contributed by atoms with van der Waals surface area (Å²) in [5.74, 6) is -0.0762. The predicted octanol–water partition coefficient (Wildman–Crippen LogP) is 3.43. The molecule has 148 valence electrons. The predicted molar refractivity (Wildman–Crippen MR) is 110 cm³/mol. The van der Waals surface area contributed by atoms with Gasteiger partial charge in [0.2, 0.25) is 5.82 Å². The molecule has 0 bridgehead atoms. The number of benzene rings is 1. The minimum atomic E-state index is -0.367. The molecule has 1 saturated heterocycles. The summed E-state index contributed by atoms with van der Waals surface area (Å²) >= 11 is 1.49. The number of aromatic nitrogens is 3. The molecular weight excluding hydrogens is 401 g/mol. The lowest BCUT2D eigenvalue weighted by Gasteiger charge is -2.30. The Morgan fingerprint density at radius 3 is 2.93 bits per heavy atom. The molecule has 2 aromatic heterocycles. The first-order valence-corrected chi connectivity index (χ1v) is 9.81. The Hall–Kier alpha value is -2.29. The molecule has 0 aliphatic carbocycles. The van der Waals surface area contributed by atoms with E-state index in [2.05, 4.69) is 27.6 Å². The lowest BCUT2D eigenvalue weighted by atomic mass is 10.00. The third-order valence-electron chi connectivity index (χ3n) is 4.68. The van der Waals surface area contributed by atoms with Gasteiger partial charge in [0.15, 0.2) is 5.82 Å². The van der Waals surface area contributed by atoms with Crippen LogP contribution in [0.4, 0.5) is 4.39 Å². The summed E-state index contributed by atoms with van der Waals surface area (Å²) in [6, 6.07) is 10.1. The molecule has 1 fully saturated rings. The number of nitrogens with one attached hydrogen (secondary N) is 2. The molecule has 0 saturated carbocycles. The van der Waals surface area contributed by atoms with Gasteiger partial charge < -0.3 is 10.6 Å². The zero-order valence-electron chi connectivity index (χ0n) is 15.3. The zero-order valence-corrected chi connectivity index (χ0v) is 16.9. The van der Waals surface area contributed by atoms with Crippen LogP contribution in [-0.4, -0.2) is 39.3 Å².